The predicted molar refractivity (Wildman–Crippen MR) is 59.6 cm³/mol. The van der Waals surface area contributed by atoms with Crippen molar-refractivity contribution in [3.05, 3.63) is 4.85 Å². The Kier molecular flexibility index (Phi) is 2.31. The third-order valence-electron chi connectivity index (χ3n) is 4.07. The summed E-state index contributed by atoms with van der Waals surface area (Å²) in [5.41, 5.74) is 0.101. The fourth-order valence-electron chi connectivity index (χ4n) is 3.29. The van der Waals surface area contributed by atoms with Crippen LogP contribution in [0.3, 0.4) is 0 Å². The average molecular weight is 193 g/mol. The summed E-state index contributed by atoms with van der Waals surface area (Å²) in [5.74, 6) is 1.52. The molecule has 78 valence electrons. The normalized spacial score (nSPS) is 42.8. The summed E-state index contributed by atoms with van der Waals surface area (Å²) in [4.78, 5) is 6.74. The Balaban J connectivity index is 2.16. The molecule has 0 amide bonds. The maximum absolute atomic E-state index is 5.63. The monoisotopic (exact) mass is 193 g/mol. The van der Waals surface area contributed by atoms with E-state index in [2.05, 4.69) is 30.5 Å². The fraction of sp³-hybridized carbons (Fsp3) is 0.917. The molecular weight excluding hydrogens is 172 g/mol. The Morgan fingerprint density at radius 3 is 2.71 bits per heavy atom. The van der Waals surface area contributed by atoms with Crippen LogP contribution in [0.2, 0.25) is 0 Å². The number of nitrogens with zero attached hydrogens (tertiary/aromatic N) is 2. The molecule has 14 heavy (non-hydrogen) atoms. The molecule has 2 rings (SSSR count). The molecule has 1 aliphatic heterocycles. The molecule has 1 saturated carbocycles. The fourth-order valence-corrected chi connectivity index (χ4v) is 3.29. The van der Waals surface area contributed by atoms with Crippen LogP contribution in [0.1, 0.15) is 33.6 Å². The molecule has 0 aromatic carbocycles. The lowest BCUT2D eigenvalue weighted by atomic mass is 9.92. The van der Waals surface area contributed by atoms with Gasteiger partial charge < -0.3 is 0 Å². The number of hydrogen-bond donors (Lipinski definition) is 0. The Labute approximate surface area is 87.1 Å². The second kappa shape index (κ2) is 3.24. The molecule has 1 saturated heterocycles. The minimum atomic E-state index is 0.101. The zero-order valence-corrected chi connectivity index (χ0v) is 9.53. The smallest absolute Gasteiger partial charge is 0.293 e. The van der Waals surface area contributed by atoms with Crippen LogP contribution < -0.4 is 0 Å². The molecule has 0 radical (unpaired) electrons. The van der Waals surface area contributed by atoms with Crippen LogP contribution in [0, 0.1) is 18.4 Å². The number of fused-ring (bicyclic) bond motifs is 1. The largest absolute Gasteiger partial charge is 0.297 e. The first kappa shape index (κ1) is 9.98. The van der Waals surface area contributed by atoms with Crippen molar-refractivity contribution in [1.29, 1.82) is 0 Å². The summed E-state index contributed by atoms with van der Waals surface area (Å²) in [5, 5.41) is 0. The molecule has 2 nitrogen and oxygen atoms in total. The minimum Gasteiger partial charge on any atom is -0.293 e. The molecule has 0 spiro atoms. The summed E-state index contributed by atoms with van der Waals surface area (Å²) in [6.45, 7) is 14.8. The first-order valence-corrected chi connectivity index (χ1v) is 5.73. The van der Waals surface area contributed by atoms with Crippen molar-refractivity contribution in [2.75, 3.05) is 13.1 Å². The number of rotatable bonds is 1. The van der Waals surface area contributed by atoms with Gasteiger partial charge in [0.1, 0.15) is 0 Å². The van der Waals surface area contributed by atoms with Crippen LogP contribution in [0.25, 0.3) is 4.85 Å². The van der Waals surface area contributed by atoms with E-state index in [0.717, 1.165) is 12.5 Å². The Bertz CT molecular complexity index is 266. The quantitative estimate of drug-likeness (QED) is 0.620. The van der Waals surface area contributed by atoms with E-state index in [1.165, 1.54) is 19.4 Å². The zero-order valence-electron chi connectivity index (χ0n) is 9.53. The highest BCUT2D eigenvalue weighted by atomic mass is 15.2. The first-order chi connectivity index (χ1) is 6.57. The summed E-state index contributed by atoms with van der Waals surface area (Å²) in [6.07, 6.45) is 2.50. The van der Waals surface area contributed by atoms with Crippen molar-refractivity contribution in [3.8, 4) is 6.57 Å². The number of likely N-dealkylation sites (tertiary alicyclic amines) is 1. The molecule has 1 heterocycles. The molecule has 1 aliphatic carbocycles. The van der Waals surface area contributed by atoms with Gasteiger partial charge in [0.25, 0.3) is 12.1 Å². The molecule has 3 atom stereocenters. The van der Waals surface area contributed by atoms with E-state index >= 15 is 0 Å². The van der Waals surface area contributed by atoms with Gasteiger partial charge in [0, 0.05) is 19.0 Å². The average Bonchev–Trinajstić information content (AvgIpc) is 2.57. The summed E-state index contributed by atoms with van der Waals surface area (Å²) >= 11 is 0. The SMILES string of the molecule is C#[N+][C@]12C[C@@H](C)C[C@H]1CN(C(C)C)C2. The summed E-state index contributed by atoms with van der Waals surface area (Å²) < 4.78 is 0. The molecule has 2 heteroatoms. The van der Waals surface area contributed by atoms with Crippen LogP contribution in [0.5, 0.6) is 0 Å². The standard InChI is InChI=1S/C12H21N2/c1-9(2)14-7-11-5-10(3)6-12(11,8-14)13-4/h4,9-11H,5-8H2,1-3H3/q+1/t10-,11-,12-/m0/s1. The molecule has 2 aliphatic rings. The second-order valence-electron chi connectivity index (χ2n) is 5.50. The van der Waals surface area contributed by atoms with Crippen LogP contribution >= 0.6 is 0 Å². The molecule has 2 fully saturated rings. The van der Waals surface area contributed by atoms with E-state index in [-0.39, 0.29) is 5.54 Å². The Hall–Kier alpha value is -0.550. The highest BCUT2D eigenvalue weighted by Crippen LogP contribution is 2.47. The van der Waals surface area contributed by atoms with E-state index in [4.69, 9.17) is 6.57 Å². The van der Waals surface area contributed by atoms with Gasteiger partial charge in [-0.2, -0.15) is 0 Å². The minimum absolute atomic E-state index is 0.101. The van der Waals surface area contributed by atoms with Gasteiger partial charge in [-0.05, 0) is 26.2 Å². The highest BCUT2D eigenvalue weighted by molar-refractivity contribution is 5.16. The van der Waals surface area contributed by atoms with E-state index in [9.17, 15) is 0 Å². The molecule has 0 unspecified atom stereocenters. The van der Waals surface area contributed by atoms with E-state index in [0.29, 0.717) is 12.0 Å². The molecule has 0 N–H and O–H groups in total. The maximum Gasteiger partial charge on any atom is 0.297 e. The maximum atomic E-state index is 5.63. The van der Waals surface area contributed by atoms with Crippen molar-refractivity contribution in [2.24, 2.45) is 11.8 Å². The lowest BCUT2D eigenvalue weighted by Gasteiger charge is -2.20. The van der Waals surface area contributed by atoms with E-state index in [1.807, 2.05) is 0 Å². The van der Waals surface area contributed by atoms with Gasteiger partial charge in [0.05, 0.1) is 12.5 Å². The van der Waals surface area contributed by atoms with Crippen molar-refractivity contribution < 1.29 is 0 Å². The van der Waals surface area contributed by atoms with Gasteiger partial charge >= 0.3 is 0 Å². The number of hydrogen-bond acceptors (Lipinski definition) is 1. The first-order valence-electron chi connectivity index (χ1n) is 5.73. The van der Waals surface area contributed by atoms with Crippen molar-refractivity contribution in [1.82, 2.24) is 4.90 Å². The van der Waals surface area contributed by atoms with Crippen LogP contribution in [0.15, 0.2) is 0 Å². The lowest BCUT2D eigenvalue weighted by molar-refractivity contribution is 0.247. The molecule has 0 aromatic rings. The van der Waals surface area contributed by atoms with Gasteiger partial charge in [0.15, 0.2) is 0 Å². The topological polar surface area (TPSA) is 7.60 Å². The second-order valence-corrected chi connectivity index (χ2v) is 5.50. The molecular formula is C12H21N2+. The predicted octanol–water partition coefficient (Wildman–Crippen LogP) is 2.46. The third-order valence-corrected chi connectivity index (χ3v) is 4.07. The van der Waals surface area contributed by atoms with Gasteiger partial charge in [-0.25, -0.2) is 0 Å². The zero-order chi connectivity index (χ0) is 10.3. The van der Waals surface area contributed by atoms with Crippen molar-refractivity contribution >= 4 is 0 Å². The van der Waals surface area contributed by atoms with Crippen molar-refractivity contribution in [2.45, 2.75) is 45.2 Å². The van der Waals surface area contributed by atoms with Crippen LogP contribution in [-0.2, 0) is 0 Å². The highest BCUT2D eigenvalue weighted by Gasteiger charge is 2.60. The van der Waals surface area contributed by atoms with Gasteiger partial charge in [-0.3, -0.25) is 4.90 Å². The van der Waals surface area contributed by atoms with Gasteiger partial charge in [0.2, 0.25) is 0 Å². The summed E-state index contributed by atoms with van der Waals surface area (Å²) in [7, 11) is 0. The molecule has 0 aromatic heterocycles. The van der Waals surface area contributed by atoms with Crippen LogP contribution in [0.4, 0.5) is 0 Å². The van der Waals surface area contributed by atoms with Crippen molar-refractivity contribution in [3.63, 3.8) is 0 Å². The summed E-state index contributed by atoms with van der Waals surface area (Å²) in [6, 6.07) is 0.634. The Morgan fingerprint density at radius 1 is 1.50 bits per heavy atom. The Morgan fingerprint density at radius 2 is 2.21 bits per heavy atom. The molecule has 0 bridgehead atoms. The van der Waals surface area contributed by atoms with E-state index < -0.39 is 0 Å². The lowest BCUT2D eigenvalue weighted by Crippen LogP contribution is -2.34. The van der Waals surface area contributed by atoms with Crippen LogP contribution in [-0.4, -0.2) is 29.6 Å². The van der Waals surface area contributed by atoms with E-state index in [1.54, 1.807) is 0 Å². The van der Waals surface area contributed by atoms with Gasteiger partial charge in [-0.1, -0.05) is 11.8 Å². The van der Waals surface area contributed by atoms with Gasteiger partial charge in [-0.15, -0.1) is 0 Å². The third kappa shape index (κ3) is 1.35.